The number of anilines is 1. The van der Waals surface area contributed by atoms with Crippen LogP contribution in [-0.4, -0.2) is 24.1 Å². The lowest BCUT2D eigenvalue weighted by atomic mass is 10.2. The highest BCUT2D eigenvalue weighted by Crippen LogP contribution is 2.22. The van der Waals surface area contributed by atoms with Crippen molar-refractivity contribution in [2.24, 2.45) is 0 Å². The molecule has 0 fully saturated rings. The van der Waals surface area contributed by atoms with Gasteiger partial charge in [0, 0.05) is 31.6 Å². The Hall–Kier alpha value is -1.33. The molecule has 6 heteroatoms. The summed E-state index contributed by atoms with van der Waals surface area (Å²) in [6, 6.07) is 8.45. The number of hydrogen-bond donors (Lipinski definition) is 0. The summed E-state index contributed by atoms with van der Waals surface area (Å²) in [5.41, 5.74) is 2.00. The minimum Gasteiger partial charge on any atom is -0.363 e. The van der Waals surface area contributed by atoms with Crippen molar-refractivity contribution >= 4 is 30.0 Å². The highest BCUT2D eigenvalue weighted by Gasteiger charge is 2.05. The number of halogens is 2. The van der Waals surface area contributed by atoms with Gasteiger partial charge in [-0.15, -0.1) is 12.4 Å². The predicted octanol–water partition coefficient (Wildman–Crippen LogP) is 3.70. The average molecular weight is 314 g/mol. The second kappa shape index (κ2) is 7.45. The Bertz CT molecular complexity index is 561. The van der Waals surface area contributed by atoms with Crippen molar-refractivity contribution in [3.05, 3.63) is 47.4 Å². The first-order chi connectivity index (χ1) is 9.04. The van der Waals surface area contributed by atoms with Crippen molar-refractivity contribution in [2.75, 3.05) is 19.0 Å². The topological polar surface area (TPSA) is 29.0 Å². The van der Waals surface area contributed by atoms with Crippen molar-refractivity contribution in [2.45, 2.75) is 17.8 Å². The lowest BCUT2D eigenvalue weighted by molar-refractivity contribution is 0.627. The summed E-state index contributed by atoms with van der Waals surface area (Å²) in [6.45, 7) is 1.95. The van der Waals surface area contributed by atoms with E-state index in [9.17, 15) is 4.39 Å². The van der Waals surface area contributed by atoms with Gasteiger partial charge in [0.1, 0.15) is 11.6 Å². The van der Waals surface area contributed by atoms with E-state index in [4.69, 9.17) is 0 Å². The first-order valence-electron chi connectivity index (χ1n) is 5.95. The van der Waals surface area contributed by atoms with E-state index in [1.165, 1.54) is 12.1 Å². The lowest BCUT2D eigenvalue weighted by Crippen LogP contribution is -2.11. The molecule has 0 aliphatic rings. The highest BCUT2D eigenvalue weighted by molar-refractivity contribution is 7.98. The van der Waals surface area contributed by atoms with Crippen LogP contribution in [0.3, 0.4) is 0 Å². The van der Waals surface area contributed by atoms with E-state index in [1.54, 1.807) is 23.9 Å². The largest absolute Gasteiger partial charge is 0.363 e. The van der Waals surface area contributed by atoms with Crippen LogP contribution in [0.1, 0.15) is 11.3 Å². The third kappa shape index (κ3) is 4.65. The fraction of sp³-hybridized carbons (Fsp3) is 0.286. The standard InChI is InChI=1S/C14H16FN3S.ClH/c1-10-8-13(18(2)3)17-14(16-10)19-9-11-4-6-12(15)7-5-11;/h4-8H,9H2,1-3H3;1H. The molecule has 1 aromatic carbocycles. The summed E-state index contributed by atoms with van der Waals surface area (Å²) in [5.74, 6) is 1.42. The van der Waals surface area contributed by atoms with Crippen LogP contribution in [0.4, 0.5) is 10.2 Å². The molecule has 0 radical (unpaired) electrons. The minimum atomic E-state index is -0.213. The van der Waals surface area contributed by atoms with Gasteiger partial charge in [-0.1, -0.05) is 23.9 Å². The monoisotopic (exact) mass is 313 g/mol. The number of rotatable bonds is 4. The molecule has 0 saturated carbocycles. The Morgan fingerprint density at radius 2 is 1.80 bits per heavy atom. The Morgan fingerprint density at radius 1 is 1.15 bits per heavy atom. The zero-order chi connectivity index (χ0) is 13.8. The highest BCUT2D eigenvalue weighted by atomic mass is 35.5. The van der Waals surface area contributed by atoms with Crippen LogP contribution in [0.15, 0.2) is 35.5 Å². The molecular formula is C14H17ClFN3S. The van der Waals surface area contributed by atoms with Crippen LogP contribution >= 0.6 is 24.2 Å². The molecule has 0 bridgehead atoms. The van der Waals surface area contributed by atoms with Gasteiger partial charge in [-0.05, 0) is 24.6 Å². The van der Waals surface area contributed by atoms with Gasteiger partial charge in [-0.25, -0.2) is 14.4 Å². The number of thioether (sulfide) groups is 1. The van der Waals surface area contributed by atoms with Gasteiger partial charge in [0.15, 0.2) is 5.16 Å². The van der Waals surface area contributed by atoms with Gasteiger partial charge in [-0.3, -0.25) is 0 Å². The van der Waals surface area contributed by atoms with Crippen molar-refractivity contribution < 1.29 is 4.39 Å². The number of aryl methyl sites for hydroxylation is 1. The van der Waals surface area contributed by atoms with E-state index in [1.807, 2.05) is 32.0 Å². The number of aromatic nitrogens is 2. The maximum absolute atomic E-state index is 12.8. The molecule has 0 unspecified atom stereocenters. The van der Waals surface area contributed by atoms with Gasteiger partial charge in [0.05, 0.1) is 0 Å². The minimum absolute atomic E-state index is 0. The maximum atomic E-state index is 12.8. The van der Waals surface area contributed by atoms with Gasteiger partial charge in [-0.2, -0.15) is 0 Å². The molecule has 2 rings (SSSR count). The molecule has 20 heavy (non-hydrogen) atoms. The predicted molar refractivity (Wildman–Crippen MR) is 84.3 cm³/mol. The zero-order valence-electron chi connectivity index (χ0n) is 11.6. The molecule has 0 aliphatic heterocycles. The molecule has 3 nitrogen and oxygen atoms in total. The first-order valence-corrected chi connectivity index (χ1v) is 6.93. The average Bonchev–Trinajstić information content (AvgIpc) is 2.37. The molecule has 0 spiro atoms. The summed E-state index contributed by atoms with van der Waals surface area (Å²) in [5, 5.41) is 0.744. The van der Waals surface area contributed by atoms with Gasteiger partial charge in [0.25, 0.3) is 0 Å². The molecule has 0 N–H and O–H groups in total. The zero-order valence-corrected chi connectivity index (χ0v) is 13.3. The van der Waals surface area contributed by atoms with Crippen molar-refractivity contribution in [1.82, 2.24) is 9.97 Å². The van der Waals surface area contributed by atoms with E-state index in [2.05, 4.69) is 9.97 Å². The van der Waals surface area contributed by atoms with Crippen LogP contribution in [0.2, 0.25) is 0 Å². The smallest absolute Gasteiger partial charge is 0.190 e. The molecular weight excluding hydrogens is 297 g/mol. The maximum Gasteiger partial charge on any atom is 0.190 e. The second-order valence-corrected chi connectivity index (χ2v) is 5.40. The third-order valence-corrected chi connectivity index (χ3v) is 3.48. The number of hydrogen-bond acceptors (Lipinski definition) is 4. The van der Waals surface area contributed by atoms with Crippen molar-refractivity contribution in [3.63, 3.8) is 0 Å². The SMILES string of the molecule is Cc1cc(N(C)C)nc(SCc2ccc(F)cc2)n1.Cl. The number of benzene rings is 1. The van der Waals surface area contributed by atoms with Gasteiger partial charge >= 0.3 is 0 Å². The molecule has 108 valence electrons. The van der Waals surface area contributed by atoms with Crippen molar-refractivity contribution in [3.8, 4) is 0 Å². The van der Waals surface area contributed by atoms with E-state index < -0.39 is 0 Å². The van der Waals surface area contributed by atoms with Crippen molar-refractivity contribution in [1.29, 1.82) is 0 Å². The van der Waals surface area contributed by atoms with Gasteiger partial charge < -0.3 is 4.90 Å². The second-order valence-electron chi connectivity index (χ2n) is 4.46. The van der Waals surface area contributed by atoms with E-state index in [0.29, 0.717) is 0 Å². The summed E-state index contributed by atoms with van der Waals surface area (Å²) >= 11 is 1.55. The van der Waals surface area contributed by atoms with E-state index in [0.717, 1.165) is 28.0 Å². The fourth-order valence-electron chi connectivity index (χ4n) is 1.55. The quantitative estimate of drug-likeness (QED) is 0.635. The molecule has 0 amide bonds. The molecule has 0 atom stereocenters. The lowest BCUT2D eigenvalue weighted by Gasteiger charge is -2.12. The Labute approximate surface area is 129 Å². The van der Waals surface area contributed by atoms with Crippen LogP contribution < -0.4 is 4.90 Å². The first kappa shape index (κ1) is 16.7. The van der Waals surface area contributed by atoms with Crippen LogP contribution in [0.25, 0.3) is 0 Å². The Balaban J connectivity index is 0.00000200. The van der Waals surface area contributed by atoms with Crippen LogP contribution in [0, 0.1) is 12.7 Å². The molecule has 0 saturated heterocycles. The van der Waals surface area contributed by atoms with E-state index in [-0.39, 0.29) is 18.2 Å². The summed E-state index contributed by atoms with van der Waals surface area (Å²) in [6.07, 6.45) is 0. The fourth-order valence-corrected chi connectivity index (χ4v) is 2.40. The molecule has 1 aromatic heterocycles. The normalized spacial score (nSPS) is 10.0. The molecule has 0 aliphatic carbocycles. The summed E-state index contributed by atoms with van der Waals surface area (Å²) in [4.78, 5) is 10.8. The molecule has 2 aromatic rings. The Kier molecular flexibility index (Phi) is 6.23. The van der Waals surface area contributed by atoms with E-state index >= 15 is 0 Å². The third-order valence-electron chi connectivity index (χ3n) is 2.56. The van der Waals surface area contributed by atoms with Crippen LogP contribution in [-0.2, 0) is 5.75 Å². The Morgan fingerprint density at radius 3 is 2.40 bits per heavy atom. The summed E-state index contributed by atoms with van der Waals surface area (Å²) in [7, 11) is 3.91. The summed E-state index contributed by atoms with van der Waals surface area (Å²) < 4.78 is 12.8. The van der Waals surface area contributed by atoms with Gasteiger partial charge in [0.2, 0.25) is 0 Å². The number of nitrogens with zero attached hydrogens (tertiary/aromatic N) is 3. The molecule has 1 heterocycles. The van der Waals surface area contributed by atoms with Crippen LogP contribution in [0.5, 0.6) is 0 Å².